The number of carbonyl (C=O) groups is 6. The summed E-state index contributed by atoms with van der Waals surface area (Å²) in [6.07, 6.45) is -0.397. The summed E-state index contributed by atoms with van der Waals surface area (Å²) in [6, 6.07) is 15.1. The van der Waals surface area contributed by atoms with Gasteiger partial charge in [0.2, 0.25) is 11.8 Å². The molecule has 0 saturated carbocycles. The minimum atomic E-state index is -1.39. The van der Waals surface area contributed by atoms with E-state index in [1.54, 1.807) is 4.90 Å². The molecule has 0 radical (unpaired) electrons. The Labute approximate surface area is 307 Å². The average molecular weight is 739 g/mol. The molecule has 53 heavy (non-hydrogen) atoms. The molecule has 0 unspecified atom stereocenters. The van der Waals surface area contributed by atoms with Crippen LogP contribution < -0.4 is 10.2 Å². The molecule has 1 aliphatic rings. The second-order valence-corrected chi connectivity index (χ2v) is 12.3. The van der Waals surface area contributed by atoms with Gasteiger partial charge in [-0.25, -0.2) is 0 Å². The van der Waals surface area contributed by atoms with Gasteiger partial charge in [-0.05, 0) is 30.2 Å². The number of nitrogens with one attached hydrogen (secondary N) is 1. The van der Waals surface area contributed by atoms with Crippen molar-refractivity contribution in [2.45, 2.75) is 63.5 Å². The van der Waals surface area contributed by atoms with Crippen LogP contribution in [0.15, 0.2) is 48.5 Å². The number of hydrogen-bond donors (Lipinski definition) is 4. The van der Waals surface area contributed by atoms with Crippen molar-refractivity contribution in [1.82, 2.24) is 5.32 Å². The van der Waals surface area contributed by atoms with E-state index < -0.39 is 29.4 Å². The van der Waals surface area contributed by atoms with Crippen molar-refractivity contribution in [1.29, 1.82) is 0 Å². The van der Waals surface area contributed by atoms with Gasteiger partial charge in [0.05, 0.1) is 77.7 Å². The number of fused-ring (bicyclic) bond motifs is 2. The molecule has 15 heteroatoms. The molecule has 286 valence electrons. The van der Waals surface area contributed by atoms with Crippen LogP contribution in [-0.2, 0) is 54.3 Å². The van der Waals surface area contributed by atoms with Crippen LogP contribution in [-0.4, -0.2) is 109 Å². The lowest BCUT2D eigenvalue weighted by atomic mass is 10.0. The van der Waals surface area contributed by atoms with Gasteiger partial charge < -0.3 is 44.5 Å². The first-order valence-corrected chi connectivity index (χ1v) is 17.3. The van der Waals surface area contributed by atoms with E-state index in [0.717, 1.165) is 16.7 Å². The summed E-state index contributed by atoms with van der Waals surface area (Å²) in [6.45, 7) is -0.842. The lowest BCUT2D eigenvalue weighted by Gasteiger charge is -2.34. The Hall–Kier alpha value is -5.14. The van der Waals surface area contributed by atoms with Gasteiger partial charge >= 0.3 is 17.9 Å². The number of anilines is 1. The maximum absolute atomic E-state index is 13.4. The molecule has 0 bridgehead atoms. The third-order valence-electron chi connectivity index (χ3n) is 7.93. The standard InChI is InChI=1S/C38H46N2O13/c41-31(13-14-34(43)40-24-30-8-2-1-6-28(30)11-12-29-7-3-4-10-32(29)40)9-5-19-50-20-15-33(42)39-38(25-51-21-16-35(44)45,26-52-22-17-36(46)47)27-53-23-18-37(48)49/h1-4,6-8,10H,5,9,13-27H2,(H,39,42)(H,44,45)(H,46,47)(H,48,49). The van der Waals surface area contributed by atoms with Crippen LogP contribution in [0.3, 0.4) is 0 Å². The molecule has 0 saturated heterocycles. The number of ketones is 1. The summed E-state index contributed by atoms with van der Waals surface area (Å²) in [5.74, 6) is 2.25. The first-order valence-electron chi connectivity index (χ1n) is 17.3. The van der Waals surface area contributed by atoms with Gasteiger partial charge in [-0.2, -0.15) is 0 Å². The highest BCUT2D eigenvalue weighted by atomic mass is 16.5. The Morgan fingerprint density at radius 2 is 1.15 bits per heavy atom. The molecular weight excluding hydrogens is 692 g/mol. The molecule has 0 aromatic heterocycles. The summed E-state index contributed by atoms with van der Waals surface area (Å²) >= 11 is 0. The van der Waals surface area contributed by atoms with Crippen LogP contribution in [0.4, 0.5) is 5.69 Å². The number of rotatable bonds is 26. The fourth-order valence-electron chi connectivity index (χ4n) is 5.22. The number of ether oxygens (including phenoxy) is 4. The molecule has 0 aliphatic carbocycles. The topological polar surface area (TPSA) is 215 Å². The Bertz CT molecular complexity index is 1580. The zero-order chi connectivity index (χ0) is 38.5. The fraction of sp³-hybridized carbons (Fsp3) is 0.474. The molecule has 4 N–H and O–H groups in total. The highest BCUT2D eigenvalue weighted by molar-refractivity contribution is 5.97. The highest BCUT2D eigenvalue weighted by Gasteiger charge is 2.34. The van der Waals surface area contributed by atoms with Gasteiger partial charge in [0, 0.05) is 43.4 Å². The van der Waals surface area contributed by atoms with Crippen molar-refractivity contribution in [2.24, 2.45) is 0 Å². The third-order valence-corrected chi connectivity index (χ3v) is 7.93. The van der Waals surface area contributed by atoms with E-state index in [0.29, 0.717) is 18.7 Å². The zero-order valence-electron chi connectivity index (χ0n) is 29.5. The number of amides is 2. The van der Waals surface area contributed by atoms with Gasteiger partial charge in [0.15, 0.2) is 0 Å². The van der Waals surface area contributed by atoms with E-state index in [4.69, 9.17) is 34.3 Å². The first kappa shape index (κ1) is 42.3. The predicted molar refractivity (Wildman–Crippen MR) is 189 cm³/mol. The number of carboxylic acids is 3. The summed E-state index contributed by atoms with van der Waals surface area (Å²) in [4.78, 5) is 73.5. The summed E-state index contributed by atoms with van der Waals surface area (Å²) in [7, 11) is 0. The number of hydrogen-bond acceptors (Lipinski definition) is 10. The monoisotopic (exact) mass is 738 g/mol. The van der Waals surface area contributed by atoms with Crippen LogP contribution in [0.5, 0.6) is 0 Å². The lowest BCUT2D eigenvalue weighted by molar-refractivity contribution is -0.140. The number of aliphatic carboxylic acids is 3. The number of carbonyl (C=O) groups excluding carboxylic acids is 3. The van der Waals surface area contributed by atoms with Gasteiger partial charge in [-0.15, -0.1) is 0 Å². The van der Waals surface area contributed by atoms with Crippen molar-refractivity contribution in [3.63, 3.8) is 0 Å². The van der Waals surface area contributed by atoms with E-state index in [-0.39, 0.29) is 109 Å². The lowest BCUT2D eigenvalue weighted by Crippen LogP contribution is -2.59. The second-order valence-electron chi connectivity index (χ2n) is 12.3. The first-order chi connectivity index (χ1) is 25.5. The number of benzene rings is 2. The van der Waals surface area contributed by atoms with Crippen molar-refractivity contribution >= 4 is 41.2 Å². The van der Waals surface area contributed by atoms with E-state index >= 15 is 0 Å². The minimum absolute atomic E-state index is 0.00700. The summed E-state index contributed by atoms with van der Waals surface area (Å²) < 4.78 is 22.0. The van der Waals surface area contributed by atoms with Crippen molar-refractivity contribution < 1.29 is 63.0 Å². The molecule has 2 amide bonds. The van der Waals surface area contributed by atoms with Gasteiger partial charge in [-0.1, -0.05) is 42.2 Å². The molecule has 0 fully saturated rings. The van der Waals surface area contributed by atoms with Crippen LogP contribution in [0.25, 0.3) is 0 Å². The molecule has 1 aliphatic heterocycles. The SMILES string of the molecule is O=C(O)CCOCC(COCCC(=O)O)(COCCC(=O)O)NC(=O)CCOCCCC(=O)CCC(=O)N1Cc2ccccc2C#Cc2ccccc21. The highest BCUT2D eigenvalue weighted by Crippen LogP contribution is 2.26. The molecule has 0 atom stereocenters. The molecule has 2 aromatic carbocycles. The van der Waals surface area contributed by atoms with Crippen molar-refractivity contribution in [3.05, 3.63) is 65.2 Å². The zero-order valence-corrected chi connectivity index (χ0v) is 29.5. The molecular formula is C38H46N2O13. The van der Waals surface area contributed by atoms with E-state index in [9.17, 15) is 28.8 Å². The third kappa shape index (κ3) is 16.0. The van der Waals surface area contributed by atoms with E-state index in [1.807, 2.05) is 48.5 Å². The Morgan fingerprint density at radius 3 is 1.75 bits per heavy atom. The van der Waals surface area contributed by atoms with Crippen molar-refractivity contribution in [3.8, 4) is 11.8 Å². The van der Waals surface area contributed by atoms with Crippen LogP contribution in [0.1, 0.15) is 68.1 Å². The Morgan fingerprint density at radius 1 is 0.623 bits per heavy atom. The Kier molecular flexibility index (Phi) is 18.1. The molecule has 3 rings (SSSR count). The number of carboxylic acid groups (broad SMARTS) is 3. The van der Waals surface area contributed by atoms with Crippen LogP contribution in [0.2, 0.25) is 0 Å². The quantitative estimate of drug-likeness (QED) is 0.0808. The van der Waals surface area contributed by atoms with E-state index in [2.05, 4.69) is 17.2 Å². The molecule has 15 nitrogen and oxygen atoms in total. The number of nitrogens with zero attached hydrogens (tertiary/aromatic N) is 1. The maximum Gasteiger partial charge on any atom is 0.305 e. The maximum atomic E-state index is 13.4. The fourth-order valence-corrected chi connectivity index (χ4v) is 5.22. The van der Waals surface area contributed by atoms with Crippen LogP contribution >= 0.6 is 0 Å². The molecule has 1 heterocycles. The van der Waals surface area contributed by atoms with Gasteiger partial charge in [0.25, 0.3) is 0 Å². The van der Waals surface area contributed by atoms with Crippen LogP contribution in [0, 0.1) is 11.8 Å². The second kappa shape index (κ2) is 22.7. The number of Topliss-reactive ketones (excluding diaryl/α,β-unsaturated/α-hetero) is 1. The summed E-state index contributed by atoms with van der Waals surface area (Å²) in [5, 5.41) is 29.6. The largest absolute Gasteiger partial charge is 0.481 e. The number of para-hydroxylation sites is 1. The summed E-state index contributed by atoms with van der Waals surface area (Å²) in [5.41, 5.74) is 1.81. The minimum Gasteiger partial charge on any atom is -0.481 e. The smallest absolute Gasteiger partial charge is 0.305 e. The van der Waals surface area contributed by atoms with Crippen molar-refractivity contribution in [2.75, 3.05) is 57.8 Å². The average Bonchev–Trinajstić information content (AvgIpc) is 3.11. The van der Waals surface area contributed by atoms with Gasteiger partial charge in [0.1, 0.15) is 11.3 Å². The molecule has 0 spiro atoms. The molecule has 2 aromatic rings. The predicted octanol–water partition coefficient (Wildman–Crippen LogP) is 2.80. The Balaban J connectivity index is 1.46. The van der Waals surface area contributed by atoms with Gasteiger partial charge in [-0.3, -0.25) is 28.8 Å². The normalized spacial score (nSPS) is 12.0. The van der Waals surface area contributed by atoms with E-state index in [1.165, 1.54) is 0 Å².